The molecule has 0 aliphatic heterocycles. The molecule has 1 aromatic heterocycles. The van der Waals surface area contributed by atoms with Crippen molar-refractivity contribution in [3.8, 4) is 0 Å². The van der Waals surface area contributed by atoms with Crippen molar-refractivity contribution in [2.24, 2.45) is 5.73 Å². The summed E-state index contributed by atoms with van der Waals surface area (Å²) in [7, 11) is -3.74. The fourth-order valence-corrected chi connectivity index (χ4v) is 3.95. The number of rotatable bonds is 4. The molecule has 20 heavy (non-hydrogen) atoms. The second kappa shape index (κ2) is 5.65. The molecule has 3 N–H and O–H groups in total. The molecule has 5 nitrogen and oxygen atoms in total. The first kappa shape index (κ1) is 15.2. The number of sulfonamides is 1. The third kappa shape index (κ3) is 3.26. The van der Waals surface area contributed by atoms with Gasteiger partial charge in [-0.1, -0.05) is 23.8 Å². The summed E-state index contributed by atoms with van der Waals surface area (Å²) in [6.07, 6.45) is 1.59. The van der Waals surface area contributed by atoms with E-state index in [-0.39, 0.29) is 14.9 Å². The second-order valence-electron chi connectivity index (χ2n) is 3.89. The van der Waals surface area contributed by atoms with E-state index >= 15 is 0 Å². The van der Waals surface area contributed by atoms with Crippen molar-refractivity contribution in [1.82, 2.24) is 4.98 Å². The van der Waals surface area contributed by atoms with Gasteiger partial charge in [-0.25, -0.2) is 13.4 Å². The molecular weight excluding hydrogens is 338 g/mol. The Hall–Kier alpha value is -1.22. The van der Waals surface area contributed by atoms with Crippen LogP contribution in [-0.4, -0.2) is 18.4 Å². The Bertz CT molecular complexity index is 771. The highest BCUT2D eigenvalue weighted by molar-refractivity contribution is 7.93. The number of thiocarbonyl (C=S) groups is 1. The molecule has 0 atom stereocenters. The van der Waals surface area contributed by atoms with E-state index in [1.165, 1.54) is 29.5 Å². The Morgan fingerprint density at radius 2 is 2.20 bits per heavy atom. The number of aryl methyl sites for hydroxylation is 1. The van der Waals surface area contributed by atoms with Crippen molar-refractivity contribution in [1.29, 1.82) is 0 Å². The van der Waals surface area contributed by atoms with Crippen LogP contribution in [0.25, 0.3) is 0 Å². The van der Waals surface area contributed by atoms with Gasteiger partial charge in [0.2, 0.25) is 0 Å². The van der Waals surface area contributed by atoms with Crippen molar-refractivity contribution in [3.05, 3.63) is 39.9 Å². The first-order valence-corrected chi connectivity index (χ1v) is 8.43. The van der Waals surface area contributed by atoms with Gasteiger partial charge in [0.25, 0.3) is 10.0 Å². The van der Waals surface area contributed by atoms with Crippen LogP contribution in [0.2, 0.25) is 5.02 Å². The molecule has 0 spiro atoms. The molecule has 2 aromatic rings. The smallest absolute Gasteiger partial charge is 0.263 e. The van der Waals surface area contributed by atoms with Crippen molar-refractivity contribution in [2.75, 3.05) is 4.72 Å². The highest BCUT2D eigenvalue weighted by Crippen LogP contribution is 2.24. The number of hydrogen-bond donors (Lipinski definition) is 2. The number of hydrogen-bond acceptors (Lipinski definition) is 5. The van der Waals surface area contributed by atoms with Gasteiger partial charge in [-0.2, -0.15) is 0 Å². The van der Waals surface area contributed by atoms with Crippen LogP contribution in [0, 0.1) is 6.92 Å². The van der Waals surface area contributed by atoms with Crippen LogP contribution in [0.3, 0.4) is 0 Å². The molecule has 9 heteroatoms. The summed E-state index contributed by atoms with van der Waals surface area (Å²) in [4.78, 5) is 4.99. The van der Waals surface area contributed by atoms with E-state index in [4.69, 9.17) is 29.6 Å². The Balaban J connectivity index is 2.35. The van der Waals surface area contributed by atoms with E-state index < -0.39 is 10.0 Å². The van der Waals surface area contributed by atoms with E-state index in [1.54, 1.807) is 6.20 Å². The van der Waals surface area contributed by atoms with E-state index in [9.17, 15) is 8.42 Å². The Kier molecular flexibility index (Phi) is 4.28. The van der Waals surface area contributed by atoms with Gasteiger partial charge in [0.1, 0.15) is 4.99 Å². The minimum atomic E-state index is -3.74. The summed E-state index contributed by atoms with van der Waals surface area (Å²) < 4.78 is 26.7. The maximum atomic E-state index is 12.2. The predicted octanol–water partition coefficient (Wildman–Crippen LogP) is 2.54. The molecule has 0 bridgehead atoms. The zero-order valence-electron chi connectivity index (χ0n) is 10.3. The van der Waals surface area contributed by atoms with Crippen LogP contribution in [-0.2, 0) is 10.0 Å². The SMILES string of the molecule is Cc1cnc(NS(=O)(=O)c2ccc(C(N)=S)c(Cl)c2)s1. The summed E-state index contributed by atoms with van der Waals surface area (Å²) >= 11 is 12.0. The molecule has 0 amide bonds. The molecule has 1 aromatic carbocycles. The predicted molar refractivity (Wildman–Crippen MR) is 85.0 cm³/mol. The maximum absolute atomic E-state index is 12.2. The third-order valence-electron chi connectivity index (χ3n) is 2.36. The molecule has 1 heterocycles. The van der Waals surface area contributed by atoms with E-state index in [0.717, 1.165) is 4.88 Å². The van der Waals surface area contributed by atoms with Gasteiger partial charge in [-0.05, 0) is 25.1 Å². The molecular formula is C11H10ClN3O2S3. The average Bonchev–Trinajstić information content (AvgIpc) is 2.73. The maximum Gasteiger partial charge on any atom is 0.263 e. The lowest BCUT2D eigenvalue weighted by molar-refractivity contribution is 0.601. The summed E-state index contributed by atoms with van der Waals surface area (Å²) in [6.45, 7) is 1.84. The number of nitrogens with zero attached hydrogens (tertiary/aromatic N) is 1. The van der Waals surface area contributed by atoms with Crippen molar-refractivity contribution in [3.63, 3.8) is 0 Å². The molecule has 0 aliphatic carbocycles. The number of thiazole rings is 1. The summed E-state index contributed by atoms with van der Waals surface area (Å²) in [5.41, 5.74) is 5.91. The summed E-state index contributed by atoms with van der Waals surface area (Å²) in [5.74, 6) is 0. The Labute approximate surface area is 130 Å². The Morgan fingerprint density at radius 1 is 1.50 bits per heavy atom. The number of benzene rings is 1. The minimum absolute atomic E-state index is 0.0235. The van der Waals surface area contributed by atoms with E-state index in [0.29, 0.717) is 10.7 Å². The first-order chi connectivity index (χ1) is 9.29. The van der Waals surface area contributed by atoms with Crippen LogP contribution < -0.4 is 10.5 Å². The minimum Gasteiger partial charge on any atom is -0.389 e. The largest absolute Gasteiger partial charge is 0.389 e. The zero-order valence-corrected chi connectivity index (χ0v) is 13.5. The van der Waals surface area contributed by atoms with Crippen LogP contribution in [0.1, 0.15) is 10.4 Å². The van der Waals surface area contributed by atoms with Crippen LogP contribution in [0.5, 0.6) is 0 Å². The number of nitrogens with one attached hydrogen (secondary N) is 1. The standard InChI is InChI=1S/C11H10ClN3O2S3/c1-6-5-14-11(19-6)15-20(16,17)7-2-3-8(10(13)18)9(12)4-7/h2-5H,1H3,(H2,13,18)(H,14,15). The molecule has 2 rings (SSSR count). The highest BCUT2D eigenvalue weighted by atomic mass is 35.5. The second-order valence-corrected chi connectivity index (χ2v) is 7.65. The lowest BCUT2D eigenvalue weighted by Gasteiger charge is -2.07. The molecule has 0 saturated heterocycles. The third-order valence-corrected chi connectivity index (χ3v) is 5.19. The average molecular weight is 348 g/mol. The monoisotopic (exact) mass is 347 g/mol. The van der Waals surface area contributed by atoms with E-state index in [1.807, 2.05) is 6.92 Å². The van der Waals surface area contributed by atoms with Crippen molar-refractivity contribution in [2.45, 2.75) is 11.8 Å². The van der Waals surface area contributed by atoms with Gasteiger partial charge in [0.05, 0.1) is 9.92 Å². The van der Waals surface area contributed by atoms with Gasteiger partial charge in [-0.3, -0.25) is 4.72 Å². The molecule has 0 fully saturated rings. The summed E-state index contributed by atoms with van der Waals surface area (Å²) in [6, 6.07) is 4.17. The first-order valence-electron chi connectivity index (χ1n) is 5.34. The van der Waals surface area contributed by atoms with Gasteiger partial charge >= 0.3 is 0 Å². The fraction of sp³-hybridized carbons (Fsp3) is 0.0909. The zero-order chi connectivity index (χ0) is 14.9. The lowest BCUT2D eigenvalue weighted by Crippen LogP contribution is -2.14. The van der Waals surface area contributed by atoms with Crippen molar-refractivity contribution < 1.29 is 8.42 Å². The molecule has 0 saturated carbocycles. The number of nitrogens with two attached hydrogens (primary N) is 1. The van der Waals surface area contributed by atoms with Crippen LogP contribution in [0.15, 0.2) is 29.3 Å². The topological polar surface area (TPSA) is 85.1 Å². The lowest BCUT2D eigenvalue weighted by atomic mass is 10.2. The molecule has 0 radical (unpaired) electrons. The van der Waals surface area contributed by atoms with Gasteiger partial charge in [-0.15, -0.1) is 11.3 Å². The highest BCUT2D eigenvalue weighted by Gasteiger charge is 2.17. The molecule has 0 unspecified atom stereocenters. The fourth-order valence-electron chi connectivity index (χ4n) is 1.44. The van der Waals surface area contributed by atoms with Crippen LogP contribution in [0.4, 0.5) is 5.13 Å². The number of halogens is 1. The number of anilines is 1. The van der Waals surface area contributed by atoms with Gasteiger partial charge in [0, 0.05) is 16.6 Å². The van der Waals surface area contributed by atoms with Crippen LogP contribution >= 0.6 is 35.2 Å². The van der Waals surface area contributed by atoms with Gasteiger partial charge in [0.15, 0.2) is 5.13 Å². The quantitative estimate of drug-likeness (QED) is 0.830. The summed E-state index contributed by atoms with van der Waals surface area (Å²) in [5, 5.41) is 0.493. The van der Waals surface area contributed by atoms with E-state index in [2.05, 4.69) is 9.71 Å². The molecule has 106 valence electrons. The van der Waals surface area contributed by atoms with Gasteiger partial charge < -0.3 is 5.73 Å². The Morgan fingerprint density at radius 3 is 2.70 bits per heavy atom. The molecule has 0 aliphatic rings. The number of aromatic nitrogens is 1. The normalized spacial score (nSPS) is 11.3. The van der Waals surface area contributed by atoms with Crippen molar-refractivity contribution >= 4 is 55.3 Å².